The molecule has 0 unspecified atom stereocenters. The monoisotopic (exact) mass is 213 g/mol. The first kappa shape index (κ1) is 10.6. The van der Waals surface area contributed by atoms with E-state index in [9.17, 15) is 0 Å². The molecule has 0 aliphatic rings. The van der Waals surface area contributed by atoms with Gasteiger partial charge in [-0.2, -0.15) is 11.1 Å². The van der Waals surface area contributed by atoms with Crippen molar-refractivity contribution in [3.05, 3.63) is 24.3 Å². The van der Waals surface area contributed by atoms with Crippen LogP contribution in [-0.2, 0) is 0 Å². The quantitative estimate of drug-likeness (QED) is 0.539. The summed E-state index contributed by atoms with van der Waals surface area (Å²) in [5.74, 6) is 0. The van der Waals surface area contributed by atoms with Crippen molar-refractivity contribution < 1.29 is 0 Å². The summed E-state index contributed by atoms with van der Waals surface area (Å²) in [6, 6.07) is 8.36. The third-order valence-corrected chi connectivity index (χ3v) is 4.34. The van der Waals surface area contributed by atoms with Crippen molar-refractivity contribution >= 4 is 29.3 Å². The molecule has 0 fully saturated rings. The number of benzene rings is 1. The van der Waals surface area contributed by atoms with Gasteiger partial charge in [0, 0.05) is 19.8 Å². The maximum Gasteiger partial charge on any atom is 0.182 e. The molecule has 3 heteroatoms. The first-order valence-corrected chi connectivity index (χ1v) is 8.40. The van der Waals surface area contributed by atoms with Crippen LogP contribution in [0.4, 0.5) is 5.69 Å². The van der Waals surface area contributed by atoms with Gasteiger partial charge in [0.15, 0.2) is 7.38 Å². The standard InChI is InChI=1S/C10H16ClNSi/c1-12(2)9-7-5-6-8-10(9)13(3,4)11/h5-8H,1-4H3. The molecule has 0 amide bonds. The third-order valence-electron chi connectivity index (χ3n) is 2.03. The van der Waals surface area contributed by atoms with E-state index in [0.717, 1.165) is 0 Å². The lowest BCUT2D eigenvalue weighted by molar-refractivity contribution is 1.14. The molecule has 1 nitrogen and oxygen atoms in total. The fourth-order valence-corrected chi connectivity index (χ4v) is 3.25. The zero-order valence-electron chi connectivity index (χ0n) is 8.63. The molecular weight excluding hydrogens is 198 g/mol. The molecule has 0 aliphatic carbocycles. The average Bonchev–Trinajstić information content (AvgIpc) is 2.03. The van der Waals surface area contributed by atoms with Crippen LogP contribution in [0.2, 0.25) is 13.1 Å². The van der Waals surface area contributed by atoms with Crippen molar-refractivity contribution in [3.63, 3.8) is 0 Å². The van der Waals surface area contributed by atoms with Gasteiger partial charge in [0.2, 0.25) is 0 Å². The van der Waals surface area contributed by atoms with Crippen molar-refractivity contribution in [2.45, 2.75) is 13.1 Å². The molecule has 1 aromatic carbocycles. The van der Waals surface area contributed by atoms with Gasteiger partial charge in [-0.1, -0.05) is 31.3 Å². The minimum absolute atomic E-state index is 1.24. The van der Waals surface area contributed by atoms with E-state index in [0.29, 0.717) is 0 Å². The maximum atomic E-state index is 6.42. The second-order valence-electron chi connectivity index (χ2n) is 3.88. The molecule has 13 heavy (non-hydrogen) atoms. The van der Waals surface area contributed by atoms with Gasteiger partial charge >= 0.3 is 0 Å². The van der Waals surface area contributed by atoms with Crippen molar-refractivity contribution in [2.24, 2.45) is 0 Å². The van der Waals surface area contributed by atoms with E-state index in [1.807, 2.05) is 0 Å². The topological polar surface area (TPSA) is 3.24 Å². The van der Waals surface area contributed by atoms with Crippen LogP contribution in [0.15, 0.2) is 24.3 Å². The Morgan fingerprint density at radius 1 is 1.15 bits per heavy atom. The highest BCUT2D eigenvalue weighted by Crippen LogP contribution is 2.16. The van der Waals surface area contributed by atoms with Crippen molar-refractivity contribution in [3.8, 4) is 0 Å². The molecule has 0 bridgehead atoms. The predicted octanol–water partition coefficient (Wildman–Crippen LogP) is 2.40. The average molecular weight is 214 g/mol. The lowest BCUT2D eigenvalue weighted by Crippen LogP contribution is -2.38. The number of anilines is 1. The molecule has 0 atom stereocenters. The fourth-order valence-electron chi connectivity index (χ4n) is 1.37. The molecule has 72 valence electrons. The molecule has 0 N–H and O–H groups in total. The van der Waals surface area contributed by atoms with Crippen molar-refractivity contribution in [1.82, 2.24) is 0 Å². The van der Waals surface area contributed by atoms with Gasteiger partial charge in [-0.25, -0.2) is 0 Å². The van der Waals surface area contributed by atoms with E-state index in [-0.39, 0.29) is 0 Å². The molecule has 0 spiro atoms. The first-order chi connectivity index (χ1) is 5.93. The van der Waals surface area contributed by atoms with Crippen LogP contribution in [0.25, 0.3) is 0 Å². The molecule has 0 radical (unpaired) electrons. The highest BCUT2D eigenvalue weighted by molar-refractivity contribution is 7.26. The summed E-state index contributed by atoms with van der Waals surface area (Å²) in [6.07, 6.45) is 0. The number of hydrogen-bond donors (Lipinski definition) is 0. The van der Waals surface area contributed by atoms with Gasteiger partial charge in [-0.05, 0) is 11.3 Å². The van der Waals surface area contributed by atoms with Gasteiger partial charge in [0.05, 0.1) is 0 Å². The summed E-state index contributed by atoms with van der Waals surface area (Å²) < 4.78 is 0. The molecule has 0 aliphatic heterocycles. The van der Waals surface area contributed by atoms with Gasteiger partial charge in [0.25, 0.3) is 0 Å². The Bertz CT molecular complexity index is 291. The number of hydrogen-bond acceptors (Lipinski definition) is 1. The highest BCUT2D eigenvalue weighted by Gasteiger charge is 2.23. The Balaban J connectivity index is 3.20. The third kappa shape index (κ3) is 2.48. The van der Waals surface area contributed by atoms with Crippen LogP contribution in [0.3, 0.4) is 0 Å². The lowest BCUT2D eigenvalue weighted by atomic mass is 10.3. The lowest BCUT2D eigenvalue weighted by Gasteiger charge is -2.23. The molecular formula is C10H16ClNSi. The van der Waals surface area contributed by atoms with Crippen molar-refractivity contribution in [2.75, 3.05) is 19.0 Å². The number of halogens is 1. The second kappa shape index (κ2) is 3.72. The summed E-state index contributed by atoms with van der Waals surface area (Å²) in [7, 11) is 2.39. The fraction of sp³-hybridized carbons (Fsp3) is 0.400. The highest BCUT2D eigenvalue weighted by atomic mass is 35.6. The Morgan fingerprint density at radius 2 is 1.69 bits per heavy atom. The summed E-state index contributed by atoms with van der Waals surface area (Å²) in [5.41, 5.74) is 1.24. The Morgan fingerprint density at radius 3 is 2.08 bits per heavy atom. The molecule has 1 rings (SSSR count). The number of nitrogens with zero attached hydrogens (tertiary/aromatic N) is 1. The molecule has 0 aromatic heterocycles. The molecule has 0 heterocycles. The van der Waals surface area contributed by atoms with E-state index in [2.05, 4.69) is 56.4 Å². The minimum atomic E-state index is -1.71. The Kier molecular flexibility index (Phi) is 3.04. The Hall–Kier alpha value is -0.473. The molecule has 0 saturated carbocycles. The van der Waals surface area contributed by atoms with E-state index in [1.54, 1.807) is 0 Å². The second-order valence-corrected chi connectivity index (χ2v) is 10.2. The van der Waals surface area contributed by atoms with Crippen LogP contribution in [-0.4, -0.2) is 21.5 Å². The minimum Gasteiger partial charge on any atom is -0.378 e. The maximum absolute atomic E-state index is 6.42. The summed E-state index contributed by atoms with van der Waals surface area (Å²) in [6.45, 7) is 4.30. The van der Waals surface area contributed by atoms with Crippen LogP contribution in [0.5, 0.6) is 0 Å². The van der Waals surface area contributed by atoms with Gasteiger partial charge < -0.3 is 4.90 Å². The van der Waals surface area contributed by atoms with E-state index in [4.69, 9.17) is 11.1 Å². The summed E-state index contributed by atoms with van der Waals surface area (Å²) in [5, 5.41) is 1.31. The largest absolute Gasteiger partial charge is 0.378 e. The van der Waals surface area contributed by atoms with Crippen LogP contribution >= 0.6 is 11.1 Å². The summed E-state index contributed by atoms with van der Waals surface area (Å²) in [4.78, 5) is 2.12. The van der Waals surface area contributed by atoms with E-state index >= 15 is 0 Å². The van der Waals surface area contributed by atoms with Crippen molar-refractivity contribution in [1.29, 1.82) is 0 Å². The normalized spacial score (nSPS) is 11.5. The molecule has 1 aromatic rings. The van der Waals surface area contributed by atoms with Gasteiger partial charge in [-0.3, -0.25) is 0 Å². The smallest absolute Gasteiger partial charge is 0.182 e. The van der Waals surface area contributed by atoms with Crippen LogP contribution < -0.4 is 10.1 Å². The van der Waals surface area contributed by atoms with Crippen LogP contribution in [0.1, 0.15) is 0 Å². The number of para-hydroxylation sites is 1. The van der Waals surface area contributed by atoms with E-state index in [1.165, 1.54) is 10.9 Å². The zero-order valence-corrected chi connectivity index (χ0v) is 10.4. The SMILES string of the molecule is CN(C)c1ccccc1[Si](C)(C)Cl. The van der Waals surface area contributed by atoms with Gasteiger partial charge in [-0.15, -0.1) is 0 Å². The Labute approximate surface area is 86.0 Å². The predicted molar refractivity (Wildman–Crippen MR) is 63.7 cm³/mol. The summed E-state index contributed by atoms with van der Waals surface area (Å²) >= 11 is 6.42. The van der Waals surface area contributed by atoms with Crippen LogP contribution in [0, 0.1) is 0 Å². The van der Waals surface area contributed by atoms with Gasteiger partial charge in [0.1, 0.15) is 0 Å². The first-order valence-electron chi connectivity index (χ1n) is 4.38. The van der Waals surface area contributed by atoms with E-state index < -0.39 is 7.38 Å². The number of rotatable bonds is 2. The molecule has 0 saturated heterocycles. The zero-order chi connectivity index (χ0) is 10.1.